The average Bonchev–Trinajstić information content (AvgIpc) is 2.88. The summed E-state index contributed by atoms with van der Waals surface area (Å²) in [6.45, 7) is 2.69. The van der Waals surface area contributed by atoms with Gasteiger partial charge in [-0.25, -0.2) is 9.97 Å². The first-order valence-electron chi connectivity index (χ1n) is 6.43. The van der Waals surface area contributed by atoms with E-state index in [1.54, 1.807) is 6.20 Å². The molecule has 0 aliphatic heterocycles. The fraction of sp³-hybridized carbons (Fsp3) is 0.214. The van der Waals surface area contributed by atoms with E-state index in [4.69, 9.17) is 4.74 Å². The van der Waals surface area contributed by atoms with Gasteiger partial charge in [0.2, 0.25) is 0 Å². The summed E-state index contributed by atoms with van der Waals surface area (Å²) in [6.07, 6.45) is 2.68. The van der Waals surface area contributed by atoms with Crippen molar-refractivity contribution in [2.75, 3.05) is 6.61 Å². The molecule has 2 heterocycles. The van der Waals surface area contributed by atoms with Crippen molar-refractivity contribution < 1.29 is 4.74 Å². The Balaban J connectivity index is 1.83. The van der Waals surface area contributed by atoms with Crippen LogP contribution in [0.5, 0.6) is 6.01 Å². The SMILES string of the molecule is CCCOc1nc2nc(Sc3ccccc3)ncc2[nH]1. The first-order valence-corrected chi connectivity index (χ1v) is 7.25. The smallest absolute Gasteiger partial charge is 0.296 e. The number of aromatic nitrogens is 4. The van der Waals surface area contributed by atoms with Crippen molar-refractivity contribution in [1.29, 1.82) is 0 Å². The first-order chi connectivity index (χ1) is 9.85. The van der Waals surface area contributed by atoms with Crippen molar-refractivity contribution in [3.8, 4) is 6.01 Å². The molecule has 0 bridgehead atoms. The Morgan fingerprint density at radius 3 is 2.85 bits per heavy atom. The maximum Gasteiger partial charge on any atom is 0.296 e. The highest BCUT2D eigenvalue weighted by atomic mass is 32.2. The van der Waals surface area contributed by atoms with Crippen LogP contribution in [0, 0.1) is 0 Å². The quantitative estimate of drug-likeness (QED) is 0.729. The maximum atomic E-state index is 5.46. The van der Waals surface area contributed by atoms with E-state index in [1.807, 2.05) is 30.3 Å². The Hall–Kier alpha value is -2.08. The van der Waals surface area contributed by atoms with Crippen LogP contribution in [-0.4, -0.2) is 26.5 Å². The number of benzene rings is 1. The molecule has 20 heavy (non-hydrogen) atoms. The van der Waals surface area contributed by atoms with E-state index in [2.05, 4.69) is 26.9 Å². The molecule has 0 atom stereocenters. The van der Waals surface area contributed by atoms with Crippen molar-refractivity contribution in [2.45, 2.75) is 23.4 Å². The predicted octanol–water partition coefficient (Wildman–Crippen LogP) is 3.29. The Bertz CT molecular complexity index is 699. The molecule has 0 unspecified atom stereocenters. The standard InChI is InChI=1S/C14H14N4OS/c1-2-8-19-13-16-11-9-15-14(18-12(11)17-13)20-10-6-4-3-5-7-10/h3-7,9H,2,8H2,1H3,(H,15,16,17,18). The molecule has 0 fully saturated rings. The number of hydrogen-bond donors (Lipinski definition) is 1. The molecule has 0 saturated carbocycles. The highest BCUT2D eigenvalue weighted by molar-refractivity contribution is 7.99. The van der Waals surface area contributed by atoms with Gasteiger partial charge in [-0.05, 0) is 30.3 Å². The average molecular weight is 286 g/mol. The van der Waals surface area contributed by atoms with Crippen LogP contribution in [-0.2, 0) is 0 Å². The Morgan fingerprint density at radius 2 is 2.05 bits per heavy atom. The van der Waals surface area contributed by atoms with E-state index in [9.17, 15) is 0 Å². The number of ether oxygens (including phenoxy) is 1. The lowest BCUT2D eigenvalue weighted by Gasteiger charge is -1.98. The molecule has 1 N–H and O–H groups in total. The van der Waals surface area contributed by atoms with Gasteiger partial charge in [-0.15, -0.1) is 0 Å². The van der Waals surface area contributed by atoms with E-state index in [0.29, 0.717) is 23.4 Å². The summed E-state index contributed by atoms with van der Waals surface area (Å²) < 4.78 is 5.46. The number of rotatable bonds is 5. The summed E-state index contributed by atoms with van der Waals surface area (Å²) in [4.78, 5) is 17.2. The van der Waals surface area contributed by atoms with Gasteiger partial charge in [-0.1, -0.05) is 25.1 Å². The first kappa shape index (κ1) is 12.9. The zero-order valence-electron chi connectivity index (χ0n) is 11.0. The molecule has 0 saturated heterocycles. The predicted molar refractivity (Wildman–Crippen MR) is 78.0 cm³/mol. The molecule has 3 aromatic rings. The molecule has 1 aromatic carbocycles. The lowest BCUT2D eigenvalue weighted by molar-refractivity contribution is 0.296. The van der Waals surface area contributed by atoms with Crippen LogP contribution >= 0.6 is 11.8 Å². The van der Waals surface area contributed by atoms with Crippen LogP contribution in [0.25, 0.3) is 11.2 Å². The number of nitrogens with one attached hydrogen (secondary N) is 1. The molecule has 0 aliphatic carbocycles. The third kappa shape index (κ3) is 2.91. The van der Waals surface area contributed by atoms with Gasteiger partial charge in [-0.3, -0.25) is 0 Å². The molecule has 102 valence electrons. The molecule has 5 nitrogen and oxygen atoms in total. The van der Waals surface area contributed by atoms with E-state index in [1.165, 1.54) is 11.8 Å². The fourth-order valence-corrected chi connectivity index (χ4v) is 2.42. The van der Waals surface area contributed by atoms with Gasteiger partial charge in [0.15, 0.2) is 10.8 Å². The molecular formula is C14H14N4OS. The van der Waals surface area contributed by atoms with Gasteiger partial charge in [0.25, 0.3) is 6.01 Å². The Labute approximate surface area is 120 Å². The number of imidazole rings is 1. The van der Waals surface area contributed by atoms with E-state index in [-0.39, 0.29) is 0 Å². The third-order valence-corrected chi connectivity index (χ3v) is 3.48. The van der Waals surface area contributed by atoms with Gasteiger partial charge in [0.1, 0.15) is 5.52 Å². The number of fused-ring (bicyclic) bond motifs is 1. The van der Waals surface area contributed by atoms with Crippen molar-refractivity contribution in [3.05, 3.63) is 36.5 Å². The van der Waals surface area contributed by atoms with Crippen LogP contribution < -0.4 is 4.74 Å². The second-order valence-corrected chi connectivity index (χ2v) is 5.24. The van der Waals surface area contributed by atoms with Gasteiger partial charge in [-0.2, -0.15) is 4.98 Å². The summed E-state index contributed by atoms with van der Waals surface area (Å²) in [5.41, 5.74) is 1.41. The van der Waals surface area contributed by atoms with E-state index >= 15 is 0 Å². The zero-order valence-corrected chi connectivity index (χ0v) is 11.9. The third-order valence-electron chi connectivity index (χ3n) is 2.59. The highest BCUT2D eigenvalue weighted by Crippen LogP contribution is 2.25. The Morgan fingerprint density at radius 1 is 1.20 bits per heavy atom. The summed E-state index contributed by atoms with van der Waals surface area (Å²) in [6, 6.07) is 10.5. The molecule has 3 rings (SSSR count). The largest absolute Gasteiger partial charge is 0.465 e. The number of hydrogen-bond acceptors (Lipinski definition) is 5. The maximum absolute atomic E-state index is 5.46. The minimum absolute atomic E-state index is 0.498. The van der Waals surface area contributed by atoms with Gasteiger partial charge in [0, 0.05) is 4.90 Å². The van der Waals surface area contributed by atoms with Gasteiger partial charge in [0.05, 0.1) is 12.8 Å². The number of aromatic amines is 1. The minimum Gasteiger partial charge on any atom is -0.465 e. The van der Waals surface area contributed by atoms with Crippen LogP contribution in [0.1, 0.15) is 13.3 Å². The molecular weight excluding hydrogens is 272 g/mol. The summed E-state index contributed by atoms with van der Waals surface area (Å²) in [5, 5.41) is 0.678. The van der Waals surface area contributed by atoms with E-state index < -0.39 is 0 Å². The monoisotopic (exact) mass is 286 g/mol. The molecule has 0 aliphatic rings. The van der Waals surface area contributed by atoms with Crippen LogP contribution in [0.15, 0.2) is 46.6 Å². The number of H-pyrrole nitrogens is 1. The minimum atomic E-state index is 0.498. The van der Waals surface area contributed by atoms with Crippen LogP contribution in [0.4, 0.5) is 0 Å². The van der Waals surface area contributed by atoms with Gasteiger partial charge >= 0.3 is 0 Å². The van der Waals surface area contributed by atoms with Crippen molar-refractivity contribution >= 4 is 22.9 Å². The highest BCUT2D eigenvalue weighted by Gasteiger charge is 2.07. The Kier molecular flexibility index (Phi) is 3.83. The molecule has 0 amide bonds. The van der Waals surface area contributed by atoms with Crippen LogP contribution in [0.2, 0.25) is 0 Å². The van der Waals surface area contributed by atoms with Crippen molar-refractivity contribution in [1.82, 2.24) is 19.9 Å². The lowest BCUT2D eigenvalue weighted by Crippen LogP contribution is -1.95. The number of nitrogens with zero attached hydrogens (tertiary/aromatic N) is 3. The molecule has 0 spiro atoms. The summed E-state index contributed by atoms with van der Waals surface area (Å²) >= 11 is 1.51. The van der Waals surface area contributed by atoms with Gasteiger partial charge < -0.3 is 9.72 Å². The molecule has 2 aromatic heterocycles. The van der Waals surface area contributed by atoms with E-state index in [0.717, 1.165) is 16.8 Å². The van der Waals surface area contributed by atoms with Crippen molar-refractivity contribution in [2.24, 2.45) is 0 Å². The second kappa shape index (κ2) is 5.92. The second-order valence-electron chi connectivity index (χ2n) is 4.20. The normalized spacial score (nSPS) is 10.8. The fourth-order valence-electron chi connectivity index (χ4n) is 1.68. The van der Waals surface area contributed by atoms with Crippen LogP contribution in [0.3, 0.4) is 0 Å². The molecule has 0 radical (unpaired) electrons. The zero-order chi connectivity index (χ0) is 13.8. The van der Waals surface area contributed by atoms with Crippen molar-refractivity contribution in [3.63, 3.8) is 0 Å². The molecule has 6 heteroatoms. The topological polar surface area (TPSA) is 63.7 Å². The summed E-state index contributed by atoms with van der Waals surface area (Å²) in [5.74, 6) is 0. The lowest BCUT2D eigenvalue weighted by atomic mass is 10.4. The summed E-state index contributed by atoms with van der Waals surface area (Å²) in [7, 11) is 0.